The predicted molar refractivity (Wildman–Crippen MR) is 127 cm³/mol. The summed E-state index contributed by atoms with van der Waals surface area (Å²) in [6, 6.07) is 13.6. The molecule has 12 heteroatoms. The van der Waals surface area contributed by atoms with Crippen LogP contribution in [0.1, 0.15) is 17.3 Å². The maximum Gasteiger partial charge on any atom is 0.261 e. The zero-order valence-electron chi connectivity index (χ0n) is 17.8. The highest BCUT2D eigenvalue weighted by Crippen LogP contribution is 2.25. The molecule has 0 fully saturated rings. The fourth-order valence-corrected chi connectivity index (χ4v) is 4.32. The standard InChI is InChI=1S/C22H19ClN6O4S/c1-2-33-16-7-5-15(6-8-16)28-34(31,32)17-9-10-19(23)18(12-17)22(30)27-20-4-3-11-25-21(20)29-14-24-13-26-29/h3-14,28H,2H2,1H3,(H,27,30). The number of benzene rings is 2. The van der Waals surface area contributed by atoms with Crippen molar-refractivity contribution in [2.24, 2.45) is 0 Å². The van der Waals surface area contributed by atoms with Crippen LogP contribution < -0.4 is 14.8 Å². The maximum absolute atomic E-state index is 13.0. The van der Waals surface area contributed by atoms with Crippen LogP contribution in [0.5, 0.6) is 5.75 Å². The van der Waals surface area contributed by atoms with E-state index in [1.54, 1.807) is 42.6 Å². The third kappa shape index (κ3) is 5.16. The second-order valence-electron chi connectivity index (χ2n) is 6.87. The number of nitrogens with one attached hydrogen (secondary N) is 2. The van der Waals surface area contributed by atoms with Gasteiger partial charge in [-0.1, -0.05) is 11.6 Å². The molecule has 2 aromatic heterocycles. The Balaban J connectivity index is 1.58. The van der Waals surface area contributed by atoms with Gasteiger partial charge in [-0.3, -0.25) is 9.52 Å². The van der Waals surface area contributed by atoms with E-state index in [2.05, 4.69) is 25.1 Å². The molecule has 0 unspecified atom stereocenters. The number of nitrogens with zero attached hydrogens (tertiary/aromatic N) is 4. The molecule has 0 radical (unpaired) electrons. The van der Waals surface area contributed by atoms with Gasteiger partial charge in [-0.2, -0.15) is 5.10 Å². The molecule has 174 valence electrons. The molecule has 0 bridgehead atoms. The maximum atomic E-state index is 13.0. The summed E-state index contributed by atoms with van der Waals surface area (Å²) in [7, 11) is -3.99. The van der Waals surface area contributed by atoms with Gasteiger partial charge in [0.05, 0.1) is 27.8 Å². The summed E-state index contributed by atoms with van der Waals surface area (Å²) in [5.74, 6) is 0.347. The number of carbonyl (C=O) groups excluding carboxylic acids is 1. The van der Waals surface area contributed by atoms with E-state index in [4.69, 9.17) is 16.3 Å². The lowest BCUT2D eigenvalue weighted by Crippen LogP contribution is -2.17. The van der Waals surface area contributed by atoms with Crippen molar-refractivity contribution in [3.05, 3.63) is 84.0 Å². The van der Waals surface area contributed by atoms with Crippen LogP contribution in [0.2, 0.25) is 5.02 Å². The van der Waals surface area contributed by atoms with Gasteiger partial charge in [0.25, 0.3) is 15.9 Å². The Labute approximate surface area is 200 Å². The van der Waals surface area contributed by atoms with E-state index in [9.17, 15) is 13.2 Å². The molecule has 4 rings (SSSR count). The smallest absolute Gasteiger partial charge is 0.261 e. The lowest BCUT2D eigenvalue weighted by atomic mass is 10.2. The van der Waals surface area contributed by atoms with Crippen molar-refractivity contribution in [1.82, 2.24) is 19.7 Å². The highest BCUT2D eigenvalue weighted by molar-refractivity contribution is 7.92. The zero-order chi connectivity index (χ0) is 24.1. The second kappa shape index (κ2) is 9.89. The van der Waals surface area contributed by atoms with Crippen molar-refractivity contribution in [2.45, 2.75) is 11.8 Å². The molecular weight excluding hydrogens is 480 g/mol. The average molecular weight is 499 g/mol. The Morgan fingerprint density at radius 3 is 2.65 bits per heavy atom. The van der Waals surface area contributed by atoms with Crippen LogP contribution in [-0.2, 0) is 10.0 Å². The van der Waals surface area contributed by atoms with Crippen molar-refractivity contribution in [3.63, 3.8) is 0 Å². The van der Waals surface area contributed by atoms with Crippen molar-refractivity contribution in [2.75, 3.05) is 16.6 Å². The van der Waals surface area contributed by atoms with Gasteiger partial charge >= 0.3 is 0 Å². The van der Waals surface area contributed by atoms with Crippen LogP contribution in [0.15, 0.2) is 78.3 Å². The molecule has 34 heavy (non-hydrogen) atoms. The number of sulfonamides is 1. The summed E-state index contributed by atoms with van der Waals surface area (Å²) in [5.41, 5.74) is 0.664. The van der Waals surface area contributed by atoms with Crippen LogP contribution >= 0.6 is 11.6 Å². The molecule has 0 saturated carbocycles. The molecule has 2 aromatic carbocycles. The number of rotatable bonds is 8. The van der Waals surface area contributed by atoms with Crippen LogP contribution in [0, 0.1) is 0 Å². The number of pyridine rings is 1. The molecule has 0 aliphatic carbocycles. The summed E-state index contributed by atoms with van der Waals surface area (Å²) < 4.78 is 35.1. The molecule has 0 spiro atoms. The van der Waals surface area contributed by atoms with Gasteiger partial charge in [-0.15, -0.1) is 0 Å². The first-order valence-corrected chi connectivity index (χ1v) is 11.9. The van der Waals surface area contributed by atoms with Gasteiger partial charge < -0.3 is 10.1 Å². The Kier molecular flexibility index (Phi) is 6.75. The first-order valence-electron chi connectivity index (χ1n) is 10.0. The lowest BCUT2D eigenvalue weighted by molar-refractivity contribution is 0.102. The summed E-state index contributed by atoms with van der Waals surface area (Å²) in [5, 5.41) is 6.80. The van der Waals surface area contributed by atoms with Crippen LogP contribution in [0.25, 0.3) is 5.82 Å². The third-order valence-corrected chi connectivity index (χ3v) is 6.29. The highest BCUT2D eigenvalue weighted by Gasteiger charge is 2.20. The zero-order valence-corrected chi connectivity index (χ0v) is 19.4. The number of hydrogen-bond acceptors (Lipinski definition) is 7. The van der Waals surface area contributed by atoms with Gasteiger partial charge in [0, 0.05) is 11.9 Å². The number of amides is 1. The van der Waals surface area contributed by atoms with E-state index >= 15 is 0 Å². The van der Waals surface area contributed by atoms with Crippen LogP contribution in [-0.4, -0.2) is 40.7 Å². The summed E-state index contributed by atoms with van der Waals surface area (Å²) >= 11 is 6.22. The van der Waals surface area contributed by atoms with Crippen molar-refractivity contribution < 1.29 is 17.9 Å². The van der Waals surface area contributed by atoms with Crippen molar-refractivity contribution in [3.8, 4) is 11.6 Å². The number of halogens is 1. The number of anilines is 2. The first kappa shape index (κ1) is 23.2. The van der Waals surface area contributed by atoms with E-state index < -0.39 is 15.9 Å². The molecule has 0 atom stereocenters. The molecule has 4 aromatic rings. The normalized spacial score (nSPS) is 11.1. The minimum Gasteiger partial charge on any atom is -0.494 e. The number of hydrogen-bond donors (Lipinski definition) is 2. The first-order chi connectivity index (χ1) is 16.4. The molecule has 0 aliphatic heterocycles. The van der Waals surface area contributed by atoms with Crippen molar-refractivity contribution in [1.29, 1.82) is 0 Å². The molecule has 2 N–H and O–H groups in total. The molecule has 2 heterocycles. The fraction of sp³-hybridized carbons (Fsp3) is 0.0909. The predicted octanol–water partition coefficient (Wildman–Crippen LogP) is 3.77. The Bertz CT molecular complexity index is 1410. The minimum atomic E-state index is -3.99. The third-order valence-electron chi connectivity index (χ3n) is 4.58. The second-order valence-corrected chi connectivity index (χ2v) is 8.96. The number of ether oxygens (including phenoxy) is 1. The molecule has 1 amide bonds. The van der Waals surface area contributed by atoms with E-state index in [-0.39, 0.29) is 15.5 Å². The minimum absolute atomic E-state index is 0.0235. The number of carbonyl (C=O) groups is 1. The Morgan fingerprint density at radius 1 is 1.15 bits per heavy atom. The quantitative estimate of drug-likeness (QED) is 0.378. The van der Waals surface area contributed by atoms with Gasteiger partial charge in [0.15, 0.2) is 5.82 Å². The monoisotopic (exact) mass is 498 g/mol. The summed E-state index contributed by atoms with van der Waals surface area (Å²) in [6.45, 7) is 2.36. The summed E-state index contributed by atoms with van der Waals surface area (Å²) in [4.78, 5) is 21.0. The fourth-order valence-electron chi connectivity index (χ4n) is 3.03. The Morgan fingerprint density at radius 2 is 1.94 bits per heavy atom. The molecule has 0 saturated heterocycles. The van der Waals surface area contributed by atoms with Gasteiger partial charge in [0.1, 0.15) is 18.4 Å². The lowest BCUT2D eigenvalue weighted by Gasteiger charge is -2.13. The largest absolute Gasteiger partial charge is 0.494 e. The van der Waals surface area contributed by atoms with Gasteiger partial charge in [-0.25, -0.2) is 23.1 Å². The van der Waals surface area contributed by atoms with E-state index in [1.165, 1.54) is 35.5 Å². The average Bonchev–Trinajstić information content (AvgIpc) is 3.35. The van der Waals surface area contributed by atoms with Gasteiger partial charge in [0.2, 0.25) is 0 Å². The van der Waals surface area contributed by atoms with Crippen LogP contribution in [0.3, 0.4) is 0 Å². The SMILES string of the molecule is CCOc1ccc(NS(=O)(=O)c2ccc(Cl)c(C(=O)Nc3cccnc3-n3cncn3)c2)cc1. The van der Waals surface area contributed by atoms with Gasteiger partial charge in [-0.05, 0) is 61.5 Å². The van der Waals surface area contributed by atoms with Crippen LogP contribution in [0.4, 0.5) is 11.4 Å². The van der Waals surface area contributed by atoms with E-state index in [0.29, 0.717) is 29.5 Å². The van der Waals surface area contributed by atoms with E-state index in [1.807, 2.05) is 6.92 Å². The molecule has 0 aliphatic rings. The molecular formula is C22H19ClN6O4S. The van der Waals surface area contributed by atoms with Crippen molar-refractivity contribution >= 4 is 38.9 Å². The highest BCUT2D eigenvalue weighted by atomic mass is 35.5. The summed E-state index contributed by atoms with van der Waals surface area (Å²) in [6.07, 6.45) is 4.31. The Hall–Kier alpha value is -3.96. The topological polar surface area (TPSA) is 128 Å². The van der Waals surface area contributed by atoms with E-state index in [0.717, 1.165) is 0 Å². The molecule has 10 nitrogen and oxygen atoms in total. The number of aromatic nitrogens is 4.